The van der Waals surface area contributed by atoms with E-state index in [0.29, 0.717) is 11.4 Å². The summed E-state index contributed by atoms with van der Waals surface area (Å²) in [6.07, 6.45) is 2.26. The van der Waals surface area contributed by atoms with Crippen LogP contribution in [0.15, 0.2) is 42.6 Å². The van der Waals surface area contributed by atoms with E-state index in [-0.39, 0.29) is 6.04 Å². The predicted octanol–water partition coefficient (Wildman–Crippen LogP) is 2.86. The second-order valence-corrected chi connectivity index (χ2v) is 5.22. The van der Waals surface area contributed by atoms with E-state index in [2.05, 4.69) is 20.6 Å². The van der Waals surface area contributed by atoms with E-state index in [1.165, 1.54) is 0 Å². The number of benzene rings is 1. The molecule has 2 heterocycles. The van der Waals surface area contributed by atoms with Crippen LogP contribution >= 0.6 is 11.6 Å². The van der Waals surface area contributed by atoms with Crippen molar-refractivity contribution >= 4 is 22.6 Å². The lowest BCUT2D eigenvalue weighted by atomic mass is 10.1. The van der Waals surface area contributed by atoms with E-state index in [9.17, 15) is 0 Å². The number of rotatable bonds is 3. The van der Waals surface area contributed by atoms with Gasteiger partial charge in [-0.05, 0) is 24.3 Å². The van der Waals surface area contributed by atoms with Crippen molar-refractivity contribution in [2.45, 2.75) is 12.5 Å². The van der Waals surface area contributed by atoms with Crippen LogP contribution in [0.5, 0.6) is 0 Å². The first-order valence-electron chi connectivity index (χ1n) is 6.42. The lowest BCUT2D eigenvalue weighted by Gasteiger charge is -2.11. The summed E-state index contributed by atoms with van der Waals surface area (Å²) in [6.45, 7) is 0. The molecule has 0 radical (unpaired) electrons. The Morgan fingerprint density at radius 1 is 1.25 bits per heavy atom. The molecule has 2 aromatic heterocycles. The normalized spacial score (nSPS) is 12.8. The fraction of sp³-hybridized carbons (Fsp3) is 0.200. The molecule has 1 atom stereocenters. The highest BCUT2D eigenvalue weighted by Crippen LogP contribution is 2.19. The molecule has 5 heteroatoms. The minimum atomic E-state index is -0.192. The molecule has 0 fully saturated rings. The monoisotopic (exact) mass is 286 g/mol. The average Bonchev–Trinajstić information content (AvgIpc) is 2.77. The van der Waals surface area contributed by atoms with Crippen LogP contribution in [0.1, 0.15) is 17.6 Å². The molecule has 2 N–H and O–H groups in total. The smallest absolute Gasteiger partial charge is 0.111 e. The standard InChI is InChI=1S/C15H15ClN4/c1-20-14-5-3-2-4-13(14)19-15(20)8-11(17)12-7-6-10(16)9-18-12/h2-7,9,11H,8,17H2,1H3. The number of nitrogens with zero attached hydrogens (tertiary/aromatic N) is 3. The molecule has 1 aromatic carbocycles. The molecule has 0 aliphatic rings. The lowest BCUT2D eigenvalue weighted by molar-refractivity contribution is 0.648. The summed E-state index contributed by atoms with van der Waals surface area (Å²) in [5.41, 5.74) is 9.13. The molecular formula is C15H15ClN4. The van der Waals surface area contributed by atoms with Gasteiger partial charge in [0.1, 0.15) is 5.82 Å². The highest BCUT2D eigenvalue weighted by atomic mass is 35.5. The van der Waals surface area contributed by atoms with Crippen molar-refractivity contribution in [3.63, 3.8) is 0 Å². The largest absolute Gasteiger partial charge is 0.331 e. The summed E-state index contributed by atoms with van der Waals surface area (Å²) >= 11 is 5.84. The number of hydrogen-bond acceptors (Lipinski definition) is 3. The number of hydrogen-bond donors (Lipinski definition) is 1. The number of aromatic nitrogens is 3. The molecule has 0 bridgehead atoms. The van der Waals surface area contributed by atoms with Gasteiger partial charge in [-0.25, -0.2) is 4.98 Å². The molecule has 0 aliphatic carbocycles. The second-order valence-electron chi connectivity index (χ2n) is 4.79. The van der Waals surface area contributed by atoms with Crippen molar-refractivity contribution in [2.24, 2.45) is 12.8 Å². The van der Waals surface area contributed by atoms with E-state index in [1.807, 2.05) is 31.3 Å². The lowest BCUT2D eigenvalue weighted by Crippen LogP contribution is -2.17. The molecule has 0 amide bonds. The van der Waals surface area contributed by atoms with Gasteiger partial charge in [0, 0.05) is 19.7 Å². The molecule has 20 heavy (non-hydrogen) atoms. The fourth-order valence-electron chi connectivity index (χ4n) is 2.29. The molecule has 3 aromatic rings. The highest BCUT2D eigenvalue weighted by Gasteiger charge is 2.13. The summed E-state index contributed by atoms with van der Waals surface area (Å²) in [4.78, 5) is 8.89. The zero-order chi connectivity index (χ0) is 14.1. The van der Waals surface area contributed by atoms with Crippen LogP contribution in [0.2, 0.25) is 5.02 Å². The molecule has 0 spiro atoms. The van der Waals surface area contributed by atoms with Gasteiger partial charge in [-0.1, -0.05) is 23.7 Å². The Kier molecular flexibility index (Phi) is 3.42. The Balaban J connectivity index is 1.89. The number of aryl methyl sites for hydroxylation is 1. The van der Waals surface area contributed by atoms with Gasteiger partial charge in [0.2, 0.25) is 0 Å². The molecular weight excluding hydrogens is 272 g/mol. The van der Waals surface area contributed by atoms with Crippen molar-refractivity contribution in [3.05, 3.63) is 59.1 Å². The third-order valence-electron chi connectivity index (χ3n) is 3.41. The van der Waals surface area contributed by atoms with Gasteiger partial charge < -0.3 is 10.3 Å². The first-order chi connectivity index (χ1) is 9.65. The SMILES string of the molecule is Cn1c(CC(N)c2ccc(Cl)cn2)nc2ccccc21. The van der Waals surface area contributed by atoms with Crippen LogP contribution in [-0.4, -0.2) is 14.5 Å². The maximum absolute atomic E-state index is 6.21. The maximum atomic E-state index is 6.21. The van der Waals surface area contributed by atoms with E-state index < -0.39 is 0 Å². The summed E-state index contributed by atoms with van der Waals surface area (Å²) in [6, 6.07) is 11.5. The van der Waals surface area contributed by atoms with Crippen LogP contribution in [0.3, 0.4) is 0 Å². The molecule has 0 aliphatic heterocycles. The van der Waals surface area contributed by atoms with Crippen molar-refractivity contribution in [1.29, 1.82) is 0 Å². The van der Waals surface area contributed by atoms with Gasteiger partial charge >= 0.3 is 0 Å². The third-order valence-corrected chi connectivity index (χ3v) is 3.64. The maximum Gasteiger partial charge on any atom is 0.111 e. The molecule has 4 nitrogen and oxygen atoms in total. The zero-order valence-electron chi connectivity index (χ0n) is 11.1. The number of fused-ring (bicyclic) bond motifs is 1. The van der Waals surface area contributed by atoms with Gasteiger partial charge in [0.25, 0.3) is 0 Å². The Bertz CT molecular complexity index is 733. The van der Waals surface area contributed by atoms with Crippen molar-refractivity contribution in [2.75, 3.05) is 0 Å². The van der Waals surface area contributed by atoms with Crippen LogP contribution in [0.25, 0.3) is 11.0 Å². The quantitative estimate of drug-likeness (QED) is 0.805. The molecule has 0 saturated heterocycles. The number of halogens is 1. The predicted molar refractivity (Wildman–Crippen MR) is 80.6 cm³/mol. The Morgan fingerprint density at radius 3 is 2.75 bits per heavy atom. The summed E-state index contributed by atoms with van der Waals surface area (Å²) < 4.78 is 2.07. The van der Waals surface area contributed by atoms with E-state index in [1.54, 1.807) is 12.3 Å². The van der Waals surface area contributed by atoms with Crippen LogP contribution < -0.4 is 5.73 Å². The van der Waals surface area contributed by atoms with Crippen LogP contribution in [0, 0.1) is 0 Å². The molecule has 102 valence electrons. The van der Waals surface area contributed by atoms with E-state index in [0.717, 1.165) is 22.6 Å². The average molecular weight is 287 g/mol. The van der Waals surface area contributed by atoms with Gasteiger partial charge in [-0.2, -0.15) is 0 Å². The van der Waals surface area contributed by atoms with E-state index in [4.69, 9.17) is 17.3 Å². The molecule has 0 saturated carbocycles. The summed E-state index contributed by atoms with van der Waals surface area (Å²) in [5, 5.41) is 0.615. The fourth-order valence-corrected chi connectivity index (χ4v) is 2.40. The minimum absolute atomic E-state index is 0.192. The number of para-hydroxylation sites is 2. The topological polar surface area (TPSA) is 56.7 Å². The van der Waals surface area contributed by atoms with Crippen molar-refractivity contribution in [1.82, 2.24) is 14.5 Å². The first-order valence-corrected chi connectivity index (χ1v) is 6.80. The van der Waals surface area contributed by atoms with Crippen LogP contribution in [0.4, 0.5) is 0 Å². The number of imidazole rings is 1. The van der Waals surface area contributed by atoms with Crippen molar-refractivity contribution < 1.29 is 0 Å². The number of nitrogens with two attached hydrogens (primary N) is 1. The van der Waals surface area contributed by atoms with E-state index >= 15 is 0 Å². The first kappa shape index (κ1) is 13.1. The Labute approximate surface area is 122 Å². The van der Waals surface area contributed by atoms with Gasteiger partial charge in [-0.3, -0.25) is 4.98 Å². The molecule has 3 rings (SSSR count). The Morgan fingerprint density at radius 2 is 2.05 bits per heavy atom. The summed E-state index contributed by atoms with van der Waals surface area (Å²) in [7, 11) is 2.01. The van der Waals surface area contributed by atoms with Gasteiger partial charge in [0.05, 0.1) is 27.8 Å². The second kappa shape index (κ2) is 5.23. The third kappa shape index (κ3) is 2.40. The Hall–Kier alpha value is -1.91. The van der Waals surface area contributed by atoms with Crippen molar-refractivity contribution in [3.8, 4) is 0 Å². The van der Waals surface area contributed by atoms with Gasteiger partial charge in [-0.15, -0.1) is 0 Å². The van der Waals surface area contributed by atoms with Crippen LogP contribution in [-0.2, 0) is 13.5 Å². The minimum Gasteiger partial charge on any atom is -0.331 e. The summed E-state index contributed by atoms with van der Waals surface area (Å²) in [5.74, 6) is 0.954. The zero-order valence-corrected chi connectivity index (χ0v) is 11.9. The highest BCUT2D eigenvalue weighted by molar-refractivity contribution is 6.30. The number of pyridine rings is 1. The molecule has 1 unspecified atom stereocenters. The van der Waals surface area contributed by atoms with Gasteiger partial charge in [0.15, 0.2) is 0 Å².